The summed E-state index contributed by atoms with van der Waals surface area (Å²) in [4.78, 5) is 18.1. The van der Waals surface area contributed by atoms with Crippen LogP contribution in [0.25, 0.3) is 0 Å². The van der Waals surface area contributed by atoms with Crippen LogP contribution < -0.4 is 0 Å². The smallest absolute Gasteiger partial charge is 0.274 e. The first-order chi connectivity index (χ1) is 12.3. The largest absolute Gasteiger partial charge is 0.340 e. The summed E-state index contributed by atoms with van der Waals surface area (Å²) in [6.07, 6.45) is 3.28. The first kappa shape index (κ1) is 18.5. The lowest BCUT2D eigenvalue weighted by atomic mass is 10.1. The molecule has 1 aliphatic heterocycles. The van der Waals surface area contributed by atoms with Crippen molar-refractivity contribution in [1.82, 2.24) is 29.1 Å². The maximum atomic E-state index is 12.4. The molecule has 10 nitrogen and oxygen atoms in total. The number of hydrogen-bond acceptors (Lipinski definition) is 7. The van der Waals surface area contributed by atoms with E-state index in [9.17, 15) is 13.2 Å². The van der Waals surface area contributed by atoms with Crippen LogP contribution in [0.3, 0.4) is 0 Å². The summed E-state index contributed by atoms with van der Waals surface area (Å²) in [6.45, 7) is 5.24. The number of sulfonamides is 1. The van der Waals surface area contributed by atoms with Crippen LogP contribution >= 0.6 is 0 Å². The van der Waals surface area contributed by atoms with Crippen LogP contribution in [0.1, 0.15) is 29.1 Å². The molecule has 0 atom stereocenters. The van der Waals surface area contributed by atoms with Crippen LogP contribution in [0.5, 0.6) is 0 Å². The molecule has 0 N–H and O–H groups in total. The van der Waals surface area contributed by atoms with E-state index in [1.165, 1.54) is 10.6 Å². The van der Waals surface area contributed by atoms with E-state index in [0.29, 0.717) is 43.5 Å². The molecule has 0 radical (unpaired) electrons. The number of carbonyl (C=O) groups is 1. The fraction of sp³-hybridized carbons (Fsp3) is 0.600. The Kier molecular flexibility index (Phi) is 5.10. The van der Waals surface area contributed by atoms with Gasteiger partial charge in [-0.2, -0.15) is 14.4 Å². The minimum absolute atomic E-state index is 0.185. The lowest BCUT2D eigenvalue weighted by Crippen LogP contribution is -2.62. The summed E-state index contributed by atoms with van der Waals surface area (Å²) in [5.41, 5.74) is 0.374. The fourth-order valence-corrected chi connectivity index (χ4v) is 3.99. The molecule has 3 heterocycles. The minimum Gasteiger partial charge on any atom is -0.340 e. The second-order valence-corrected chi connectivity index (χ2v) is 8.21. The van der Waals surface area contributed by atoms with Crippen molar-refractivity contribution >= 4 is 15.9 Å². The lowest BCUT2D eigenvalue weighted by molar-refractivity contribution is 0.0447. The number of carbonyl (C=O) groups excluding carboxylic acids is 1. The van der Waals surface area contributed by atoms with Crippen LogP contribution in [0, 0.1) is 6.92 Å². The van der Waals surface area contributed by atoms with Crippen molar-refractivity contribution in [3.05, 3.63) is 29.7 Å². The van der Waals surface area contributed by atoms with E-state index in [2.05, 4.69) is 15.2 Å². The van der Waals surface area contributed by atoms with Crippen molar-refractivity contribution in [3.8, 4) is 0 Å². The zero-order chi connectivity index (χ0) is 18.9. The van der Waals surface area contributed by atoms with Gasteiger partial charge in [0.25, 0.3) is 5.91 Å². The highest BCUT2D eigenvalue weighted by Crippen LogP contribution is 2.20. The molecule has 0 aliphatic carbocycles. The predicted octanol–water partition coefficient (Wildman–Crippen LogP) is -0.0769. The highest BCUT2D eigenvalue weighted by molar-refractivity contribution is 7.88. The molecule has 0 unspecified atom stereocenters. The molecule has 26 heavy (non-hydrogen) atoms. The summed E-state index contributed by atoms with van der Waals surface area (Å²) in [5.74, 6) is 0.724. The van der Waals surface area contributed by atoms with Crippen LogP contribution in [0.2, 0.25) is 0 Å². The third-order valence-corrected chi connectivity index (χ3v) is 5.62. The molecule has 2 aromatic rings. The second kappa shape index (κ2) is 7.16. The van der Waals surface area contributed by atoms with Gasteiger partial charge in [0.05, 0.1) is 12.3 Å². The average Bonchev–Trinajstić information content (AvgIpc) is 3.16. The normalized spacial score (nSPS) is 15.5. The molecule has 0 aromatic carbocycles. The maximum Gasteiger partial charge on any atom is 0.274 e. The minimum atomic E-state index is -3.41. The van der Waals surface area contributed by atoms with E-state index >= 15 is 0 Å². The molecular weight excluding hydrogens is 360 g/mol. The number of hydrogen-bond donors (Lipinski definition) is 0. The number of likely N-dealkylation sites (tertiary alicyclic amines) is 1. The van der Waals surface area contributed by atoms with Gasteiger partial charge in [-0.3, -0.25) is 9.48 Å². The Morgan fingerprint density at radius 3 is 2.69 bits per heavy atom. The quantitative estimate of drug-likeness (QED) is 0.658. The zero-order valence-electron chi connectivity index (χ0n) is 15.0. The maximum absolute atomic E-state index is 12.4. The van der Waals surface area contributed by atoms with Crippen LogP contribution in [0.15, 0.2) is 16.8 Å². The monoisotopic (exact) mass is 382 g/mol. The summed E-state index contributed by atoms with van der Waals surface area (Å²) < 4.78 is 32.2. The number of nitrogens with zero attached hydrogens (tertiary/aromatic N) is 6. The summed E-state index contributed by atoms with van der Waals surface area (Å²) in [7, 11) is -3.41. The standard InChI is InChI=1S/C15H22N6O4S/c1-4-20-7-5-13(17-20)15(22)19-9-12(10-19)21(26(3,23)24)8-6-14-16-11(2)25-18-14/h5,7,12H,4,6,8-10H2,1-3H3. The van der Waals surface area contributed by atoms with Crippen molar-refractivity contribution in [1.29, 1.82) is 0 Å². The number of rotatable bonds is 7. The summed E-state index contributed by atoms with van der Waals surface area (Å²) >= 11 is 0. The Hall–Kier alpha value is -2.27. The van der Waals surface area contributed by atoms with Crippen LogP contribution in [-0.2, 0) is 23.0 Å². The molecule has 0 saturated carbocycles. The Morgan fingerprint density at radius 1 is 1.42 bits per heavy atom. The Morgan fingerprint density at radius 2 is 2.15 bits per heavy atom. The topological polar surface area (TPSA) is 114 Å². The fourth-order valence-electron chi connectivity index (χ4n) is 2.89. The van der Waals surface area contributed by atoms with E-state index in [0.717, 1.165) is 0 Å². The van der Waals surface area contributed by atoms with Gasteiger partial charge in [-0.25, -0.2) is 8.42 Å². The summed E-state index contributed by atoms with van der Waals surface area (Å²) in [5, 5.41) is 7.98. The van der Waals surface area contributed by atoms with Gasteiger partial charge < -0.3 is 9.42 Å². The van der Waals surface area contributed by atoms with Crippen LogP contribution in [-0.4, -0.2) is 75.4 Å². The average molecular weight is 382 g/mol. The van der Waals surface area contributed by atoms with Gasteiger partial charge >= 0.3 is 0 Å². The lowest BCUT2D eigenvalue weighted by Gasteiger charge is -2.43. The number of aromatic nitrogens is 4. The SMILES string of the molecule is CCn1ccc(C(=O)N2CC(N(CCc3noc(C)n3)S(C)(=O)=O)C2)n1. The number of aryl methyl sites for hydroxylation is 2. The van der Waals surface area contributed by atoms with E-state index < -0.39 is 10.0 Å². The Labute approximate surface area is 151 Å². The highest BCUT2D eigenvalue weighted by Gasteiger charge is 2.39. The second-order valence-electron chi connectivity index (χ2n) is 6.27. The van der Waals surface area contributed by atoms with Crippen molar-refractivity contribution in [2.45, 2.75) is 32.9 Å². The molecule has 1 aliphatic rings. The molecule has 2 aromatic heterocycles. The van der Waals surface area contributed by atoms with Gasteiger partial charge in [-0.15, -0.1) is 0 Å². The van der Waals surface area contributed by atoms with Crippen LogP contribution in [0.4, 0.5) is 0 Å². The van der Waals surface area contributed by atoms with E-state index in [1.54, 1.807) is 28.8 Å². The first-order valence-corrected chi connectivity index (χ1v) is 10.2. The van der Waals surface area contributed by atoms with Crippen molar-refractivity contribution in [2.24, 2.45) is 0 Å². The molecule has 0 spiro atoms. The van der Waals surface area contributed by atoms with E-state index in [1.807, 2.05) is 6.92 Å². The van der Waals surface area contributed by atoms with Crippen molar-refractivity contribution in [2.75, 3.05) is 25.9 Å². The summed E-state index contributed by atoms with van der Waals surface area (Å²) in [6, 6.07) is 1.42. The first-order valence-electron chi connectivity index (χ1n) is 8.36. The Bertz CT molecular complexity index is 884. The zero-order valence-corrected chi connectivity index (χ0v) is 15.8. The third kappa shape index (κ3) is 3.93. The van der Waals surface area contributed by atoms with Gasteiger partial charge in [0.2, 0.25) is 15.9 Å². The highest BCUT2D eigenvalue weighted by atomic mass is 32.2. The van der Waals surface area contributed by atoms with Gasteiger partial charge in [0, 0.05) is 45.7 Å². The molecule has 1 fully saturated rings. The van der Waals surface area contributed by atoms with Gasteiger partial charge in [-0.1, -0.05) is 5.16 Å². The Balaban J connectivity index is 1.60. The third-order valence-electron chi connectivity index (χ3n) is 4.29. The molecule has 1 saturated heterocycles. The molecule has 142 valence electrons. The molecule has 1 amide bonds. The van der Waals surface area contributed by atoms with Gasteiger partial charge in [-0.05, 0) is 13.0 Å². The van der Waals surface area contributed by atoms with E-state index in [4.69, 9.17) is 4.52 Å². The molecule has 0 bridgehead atoms. The van der Waals surface area contributed by atoms with Gasteiger partial charge in [0.15, 0.2) is 5.82 Å². The van der Waals surface area contributed by atoms with Crippen molar-refractivity contribution < 1.29 is 17.7 Å². The van der Waals surface area contributed by atoms with Gasteiger partial charge in [0.1, 0.15) is 5.69 Å². The van der Waals surface area contributed by atoms with Crippen molar-refractivity contribution in [3.63, 3.8) is 0 Å². The predicted molar refractivity (Wildman–Crippen MR) is 91.9 cm³/mol. The molecular formula is C15H22N6O4S. The number of amides is 1. The molecule has 3 rings (SSSR count). The van der Waals surface area contributed by atoms with E-state index in [-0.39, 0.29) is 18.5 Å². The molecule has 11 heteroatoms.